The number of hydrogen-bond donors (Lipinski definition) is 3. The van der Waals surface area contributed by atoms with Gasteiger partial charge in [-0.05, 0) is 69.3 Å². The summed E-state index contributed by atoms with van der Waals surface area (Å²) >= 11 is 6.29. The average molecular weight is 540 g/mol. The number of anilines is 1. The van der Waals surface area contributed by atoms with Crippen LogP contribution < -0.4 is 25.4 Å². The number of carbonyl (C=O) groups excluding carboxylic acids is 2. The predicted molar refractivity (Wildman–Crippen MR) is 150 cm³/mol. The Morgan fingerprint density at radius 1 is 1.03 bits per heavy atom. The summed E-state index contributed by atoms with van der Waals surface area (Å²) in [5.74, 6) is 1.39. The van der Waals surface area contributed by atoms with Crippen molar-refractivity contribution in [2.24, 2.45) is 0 Å². The van der Waals surface area contributed by atoms with Gasteiger partial charge in [-0.15, -0.1) is 0 Å². The van der Waals surface area contributed by atoms with Crippen LogP contribution in [0.2, 0.25) is 5.02 Å². The Morgan fingerprint density at radius 2 is 1.82 bits per heavy atom. The van der Waals surface area contributed by atoms with Crippen LogP contribution in [-0.2, 0) is 6.54 Å². The normalized spacial score (nSPS) is 10.7. The molecule has 9 nitrogen and oxygen atoms in total. The van der Waals surface area contributed by atoms with Crippen molar-refractivity contribution in [1.29, 1.82) is 0 Å². The lowest BCUT2D eigenvalue weighted by atomic mass is 10.1. The smallest absolute Gasteiger partial charge is 0.319 e. The topological polar surface area (TPSA) is 105 Å². The standard InChI is InChI=1S/C28H34ClN5O4/c1-18-14-23(26(16-22(18)29)37-12-6-11-34(4)5)33-28(36)32-17-20-7-8-25(19(2)13-20)38-21-9-10-31-24(15-21)27(35)30-3/h7-10,13-16H,6,11-12,17H2,1-5H3,(H,30,35)(H2,32,33,36). The van der Waals surface area contributed by atoms with E-state index >= 15 is 0 Å². The zero-order chi connectivity index (χ0) is 27.7. The minimum absolute atomic E-state index is 0.271. The first-order valence-electron chi connectivity index (χ1n) is 12.2. The van der Waals surface area contributed by atoms with Crippen molar-refractivity contribution in [3.63, 3.8) is 0 Å². The molecule has 1 heterocycles. The summed E-state index contributed by atoms with van der Waals surface area (Å²) in [6.45, 7) is 5.50. The maximum absolute atomic E-state index is 12.7. The summed E-state index contributed by atoms with van der Waals surface area (Å²) in [7, 11) is 5.56. The van der Waals surface area contributed by atoms with Gasteiger partial charge in [0.15, 0.2) is 0 Å². The van der Waals surface area contributed by atoms with Crippen LogP contribution >= 0.6 is 11.6 Å². The molecule has 0 saturated heterocycles. The van der Waals surface area contributed by atoms with Crippen molar-refractivity contribution >= 4 is 29.2 Å². The number of amides is 3. The molecule has 0 aliphatic heterocycles. The van der Waals surface area contributed by atoms with E-state index in [-0.39, 0.29) is 17.6 Å². The number of halogens is 1. The predicted octanol–water partition coefficient (Wildman–Crippen LogP) is 5.16. The molecule has 0 spiro atoms. The van der Waals surface area contributed by atoms with E-state index in [2.05, 4.69) is 25.8 Å². The molecule has 3 amide bonds. The van der Waals surface area contributed by atoms with Crippen LogP contribution in [0.5, 0.6) is 17.2 Å². The number of nitrogens with one attached hydrogen (secondary N) is 3. The van der Waals surface area contributed by atoms with Crippen LogP contribution in [0.15, 0.2) is 48.7 Å². The number of aryl methyl sites for hydroxylation is 2. The van der Waals surface area contributed by atoms with Gasteiger partial charge in [0, 0.05) is 43.5 Å². The minimum Gasteiger partial charge on any atom is -0.491 e. The van der Waals surface area contributed by atoms with Gasteiger partial charge in [-0.25, -0.2) is 4.79 Å². The van der Waals surface area contributed by atoms with Gasteiger partial charge in [-0.1, -0.05) is 23.7 Å². The summed E-state index contributed by atoms with van der Waals surface area (Å²) < 4.78 is 11.8. The lowest BCUT2D eigenvalue weighted by Crippen LogP contribution is -2.28. The number of carbonyl (C=O) groups is 2. The van der Waals surface area contributed by atoms with Crippen LogP contribution in [0.25, 0.3) is 0 Å². The molecule has 0 radical (unpaired) electrons. The van der Waals surface area contributed by atoms with E-state index in [0.29, 0.717) is 41.1 Å². The Labute approximate surface area is 228 Å². The third kappa shape index (κ3) is 8.36. The van der Waals surface area contributed by atoms with Crippen LogP contribution in [-0.4, -0.2) is 56.1 Å². The van der Waals surface area contributed by atoms with Crippen LogP contribution in [0.4, 0.5) is 10.5 Å². The second kappa shape index (κ2) is 13.6. The summed E-state index contributed by atoms with van der Waals surface area (Å²) in [4.78, 5) is 30.6. The molecular formula is C28H34ClN5O4. The number of urea groups is 1. The van der Waals surface area contributed by atoms with E-state index in [4.69, 9.17) is 21.1 Å². The molecule has 10 heteroatoms. The highest BCUT2D eigenvalue weighted by Gasteiger charge is 2.12. The molecular weight excluding hydrogens is 506 g/mol. The molecule has 0 atom stereocenters. The number of rotatable bonds is 11. The van der Waals surface area contributed by atoms with Crippen molar-refractivity contribution in [3.05, 3.63) is 76.1 Å². The van der Waals surface area contributed by atoms with Crippen LogP contribution in [0.3, 0.4) is 0 Å². The highest BCUT2D eigenvalue weighted by atomic mass is 35.5. The minimum atomic E-state index is -0.360. The largest absolute Gasteiger partial charge is 0.491 e. The van der Waals surface area contributed by atoms with Gasteiger partial charge in [0.05, 0.1) is 12.3 Å². The second-order valence-electron chi connectivity index (χ2n) is 9.07. The van der Waals surface area contributed by atoms with Gasteiger partial charge in [0.1, 0.15) is 22.9 Å². The van der Waals surface area contributed by atoms with Crippen molar-refractivity contribution in [1.82, 2.24) is 20.5 Å². The molecule has 0 aliphatic rings. The van der Waals surface area contributed by atoms with Gasteiger partial charge >= 0.3 is 6.03 Å². The first-order valence-corrected chi connectivity index (χ1v) is 12.6. The summed E-state index contributed by atoms with van der Waals surface area (Å²) in [5, 5.41) is 8.86. The van der Waals surface area contributed by atoms with E-state index in [1.165, 1.54) is 6.20 Å². The first kappa shape index (κ1) is 28.7. The molecule has 0 fully saturated rings. The lowest BCUT2D eigenvalue weighted by Gasteiger charge is -2.16. The Hall–Kier alpha value is -3.82. The van der Waals surface area contributed by atoms with Crippen LogP contribution in [0, 0.1) is 13.8 Å². The van der Waals surface area contributed by atoms with E-state index in [1.807, 2.05) is 46.1 Å². The van der Waals surface area contributed by atoms with E-state index < -0.39 is 0 Å². The fourth-order valence-electron chi connectivity index (χ4n) is 3.58. The molecule has 1 aromatic heterocycles. The van der Waals surface area contributed by atoms with Gasteiger partial charge in [0.25, 0.3) is 5.91 Å². The molecule has 3 N–H and O–H groups in total. The monoisotopic (exact) mass is 539 g/mol. The van der Waals surface area contributed by atoms with Gasteiger partial charge in [-0.2, -0.15) is 0 Å². The molecule has 38 heavy (non-hydrogen) atoms. The first-order chi connectivity index (χ1) is 18.2. The Morgan fingerprint density at radius 3 is 2.53 bits per heavy atom. The average Bonchev–Trinajstić information content (AvgIpc) is 2.89. The number of pyridine rings is 1. The van der Waals surface area contributed by atoms with Crippen molar-refractivity contribution in [3.8, 4) is 17.2 Å². The number of nitrogens with zero attached hydrogens (tertiary/aromatic N) is 2. The van der Waals surface area contributed by atoms with E-state index in [0.717, 1.165) is 29.7 Å². The second-order valence-corrected chi connectivity index (χ2v) is 9.48. The maximum Gasteiger partial charge on any atom is 0.319 e. The fourth-order valence-corrected chi connectivity index (χ4v) is 3.74. The summed E-state index contributed by atoms with van der Waals surface area (Å²) in [6.07, 6.45) is 2.37. The summed E-state index contributed by atoms with van der Waals surface area (Å²) in [6, 6.07) is 12.1. The highest BCUT2D eigenvalue weighted by molar-refractivity contribution is 6.31. The number of ether oxygens (including phenoxy) is 2. The maximum atomic E-state index is 12.7. The summed E-state index contributed by atoms with van der Waals surface area (Å²) in [5.41, 5.74) is 3.45. The number of hydrogen-bond acceptors (Lipinski definition) is 6. The molecule has 0 unspecified atom stereocenters. The highest BCUT2D eigenvalue weighted by Crippen LogP contribution is 2.31. The number of aromatic nitrogens is 1. The zero-order valence-corrected chi connectivity index (χ0v) is 23.1. The molecule has 3 rings (SSSR count). The molecule has 2 aromatic carbocycles. The van der Waals surface area contributed by atoms with Gasteiger partial charge in [0.2, 0.25) is 0 Å². The van der Waals surface area contributed by atoms with Crippen molar-refractivity contribution < 1.29 is 19.1 Å². The van der Waals surface area contributed by atoms with Crippen molar-refractivity contribution in [2.45, 2.75) is 26.8 Å². The molecule has 3 aromatic rings. The Kier molecular flexibility index (Phi) is 10.3. The molecule has 0 aliphatic carbocycles. The number of benzene rings is 2. The van der Waals surface area contributed by atoms with Gasteiger partial charge in [-0.3, -0.25) is 9.78 Å². The van der Waals surface area contributed by atoms with E-state index in [1.54, 1.807) is 31.3 Å². The lowest BCUT2D eigenvalue weighted by molar-refractivity contribution is 0.0957. The van der Waals surface area contributed by atoms with Crippen LogP contribution in [0.1, 0.15) is 33.6 Å². The molecule has 202 valence electrons. The molecule has 0 bridgehead atoms. The van der Waals surface area contributed by atoms with Crippen molar-refractivity contribution in [2.75, 3.05) is 39.6 Å². The SMILES string of the molecule is CNC(=O)c1cc(Oc2ccc(CNC(=O)Nc3cc(C)c(Cl)cc3OCCCN(C)C)cc2C)ccn1. The van der Waals surface area contributed by atoms with Gasteiger partial charge < -0.3 is 30.3 Å². The Bertz CT molecular complexity index is 1280. The Balaban J connectivity index is 1.59. The fraction of sp³-hybridized carbons (Fsp3) is 0.321. The zero-order valence-electron chi connectivity index (χ0n) is 22.4. The quantitative estimate of drug-likeness (QED) is 0.291. The third-order valence-electron chi connectivity index (χ3n) is 5.63. The van der Waals surface area contributed by atoms with E-state index in [9.17, 15) is 9.59 Å². The third-order valence-corrected chi connectivity index (χ3v) is 6.03. The molecule has 0 saturated carbocycles.